The minimum absolute atomic E-state index is 0.162. The summed E-state index contributed by atoms with van der Waals surface area (Å²) in [5.74, 6) is 4.61. The van der Waals surface area contributed by atoms with E-state index in [1.165, 1.54) is 89.6 Å². The van der Waals surface area contributed by atoms with Gasteiger partial charge in [0, 0.05) is 0 Å². The van der Waals surface area contributed by atoms with Crippen molar-refractivity contribution in [3.8, 4) is 5.75 Å². The SMILES string of the molecule is COC(=O)C(C)(C)Cc1cc(CCCCCCCCCCCOP(=O)(Oc2ccccc2Cl)OC2CC[C@@]3(C)C(=CCC4C5CCC(C(C)CCCC(C)C)[C@@]5(C)CCC43)C2)cc(CC(C)(C)C(=O)OC)c1. The van der Waals surface area contributed by atoms with Crippen molar-refractivity contribution in [2.24, 2.45) is 57.2 Å². The second kappa shape index (κ2) is 25.9. The second-order valence-corrected chi connectivity index (χ2v) is 27.2. The second-order valence-electron chi connectivity index (χ2n) is 25.3. The number of unbranched alkanes of at least 4 members (excludes halogenated alkanes) is 8. The monoisotopic (exact) mass is 1030 g/mol. The van der Waals surface area contributed by atoms with Gasteiger partial charge in [-0.15, -0.1) is 0 Å². The van der Waals surface area contributed by atoms with Crippen LogP contribution < -0.4 is 4.52 Å². The molecule has 0 bridgehead atoms. The van der Waals surface area contributed by atoms with Gasteiger partial charge in [-0.05, 0) is 186 Å². The highest BCUT2D eigenvalue weighted by Crippen LogP contribution is 2.68. The van der Waals surface area contributed by atoms with Crippen LogP contribution in [0.5, 0.6) is 5.75 Å². The van der Waals surface area contributed by atoms with Gasteiger partial charge in [-0.25, -0.2) is 4.57 Å². The quantitative estimate of drug-likeness (QED) is 0.0360. The van der Waals surface area contributed by atoms with E-state index in [0.29, 0.717) is 41.6 Å². The number of benzene rings is 2. The van der Waals surface area contributed by atoms with Gasteiger partial charge in [0.25, 0.3) is 0 Å². The van der Waals surface area contributed by atoms with Gasteiger partial charge in [-0.1, -0.05) is 152 Å². The Bertz CT molecular complexity index is 2120. The van der Waals surface area contributed by atoms with Crippen molar-refractivity contribution >= 4 is 31.4 Å². The molecule has 8 nitrogen and oxygen atoms in total. The van der Waals surface area contributed by atoms with Crippen molar-refractivity contribution < 1.29 is 37.2 Å². The molecule has 10 heteroatoms. The van der Waals surface area contributed by atoms with Crippen LogP contribution in [0.4, 0.5) is 0 Å². The Balaban J connectivity index is 0.944. The predicted octanol–water partition coefficient (Wildman–Crippen LogP) is 17.5. The largest absolute Gasteiger partial charge is 0.530 e. The lowest BCUT2D eigenvalue weighted by atomic mass is 9.47. The Morgan fingerprint density at radius 3 is 1.94 bits per heavy atom. The molecule has 0 heterocycles. The first-order valence-corrected chi connectivity index (χ1v) is 30.3. The Hall–Kier alpha value is -2.64. The molecular weight excluding hydrogens is 939 g/mol. The zero-order chi connectivity index (χ0) is 52.3. The Labute approximate surface area is 442 Å². The number of phosphoric acid groups is 1. The number of esters is 2. The molecule has 0 N–H and O–H groups in total. The molecule has 0 aromatic heterocycles. The molecular formula is C62H96ClO8P. The molecule has 0 saturated heterocycles. The number of allylic oxidation sites excluding steroid dienone is 1. The lowest BCUT2D eigenvalue weighted by Gasteiger charge is -2.58. The average Bonchev–Trinajstić information content (AvgIpc) is 3.69. The van der Waals surface area contributed by atoms with Crippen LogP contribution in [-0.4, -0.2) is 38.9 Å². The number of carbonyl (C=O) groups is 2. The Kier molecular flexibility index (Phi) is 21.1. The van der Waals surface area contributed by atoms with Crippen LogP contribution in [0.1, 0.15) is 207 Å². The number of methoxy groups -OCH3 is 2. The maximum Gasteiger partial charge on any atom is 0.530 e. The molecule has 3 saturated carbocycles. The summed E-state index contributed by atoms with van der Waals surface area (Å²) in [7, 11) is -1.10. The number of hydrogen-bond donors (Lipinski definition) is 0. The van der Waals surface area contributed by atoms with E-state index in [1.54, 1.807) is 12.1 Å². The van der Waals surface area contributed by atoms with Crippen LogP contribution in [0, 0.1) is 57.2 Å². The van der Waals surface area contributed by atoms with Crippen molar-refractivity contribution in [2.75, 3.05) is 20.8 Å². The number of aryl methyl sites for hydroxylation is 1. The molecule has 0 aliphatic heterocycles. The van der Waals surface area contributed by atoms with Crippen LogP contribution in [0.2, 0.25) is 5.02 Å². The zero-order valence-corrected chi connectivity index (χ0v) is 48.4. The summed E-state index contributed by atoms with van der Waals surface area (Å²) in [5, 5.41) is 0.391. The predicted molar refractivity (Wildman–Crippen MR) is 294 cm³/mol. The van der Waals surface area contributed by atoms with E-state index in [4.69, 9.17) is 34.6 Å². The van der Waals surface area contributed by atoms with Crippen molar-refractivity contribution in [1.82, 2.24) is 0 Å². The smallest absolute Gasteiger partial charge is 0.469 e. The molecule has 7 unspecified atom stereocenters. The number of para-hydroxylation sites is 1. The third-order valence-corrected chi connectivity index (χ3v) is 20.1. The molecule has 2 aromatic carbocycles. The normalized spacial score (nSPS) is 26.5. The van der Waals surface area contributed by atoms with Crippen LogP contribution in [-0.2, 0) is 51.9 Å². The van der Waals surface area contributed by atoms with Gasteiger partial charge < -0.3 is 14.0 Å². The van der Waals surface area contributed by atoms with Gasteiger partial charge in [0.15, 0.2) is 0 Å². The fraction of sp³-hybridized carbons (Fsp3) is 0.742. The van der Waals surface area contributed by atoms with E-state index in [0.717, 1.165) is 111 Å². The first-order valence-electron chi connectivity index (χ1n) is 28.5. The number of halogens is 1. The third-order valence-electron chi connectivity index (χ3n) is 18.3. The molecule has 4 aliphatic carbocycles. The minimum atomic E-state index is -3.97. The minimum Gasteiger partial charge on any atom is -0.469 e. The topological polar surface area (TPSA) is 97.4 Å². The van der Waals surface area contributed by atoms with Crippen LogP contribution in [0.3, 0.4) is 0 Å². The molecule has 0 amide bonds. The number of hydrogen-bond acceptors (Lipinski definition) is 8. The first-order chi connectivity index (χ1) is 34.1. The van der Waals surface area contributed by atoms with Crippen molar-refractivity contribution in [3.05, 3.63) is 75.8 Å². The highest BCUT2D eigenvalue weighted by atomic mass is 35.5. The number of fused-ring (bicyclic) bond motifs is 5. The van der Waals surface area contributed by atoms with Gasteiger partial charge in [-0.3, -0.25) is 18.6 Å². The maximum absolute atomic E-state index is 14.6. The highest BCUT2D eigenvalue weighted by Gasteiger charge is 2.59. The lowest BCUT2D eigenvalue weighted by Crippen LogP contribution is -2.51. The molecule has 6 rings (SSSR count). The number of ether oxygens (including phenoxy) is 2. The fourth-order valence-corrected chi connectivity index (χ4v) is 16.1. The Morgan fingerprint density at radius 2 is 1.33 bits per heavy atom. The summed E-state index contributed by atoms with van der Waals surface area (Å²) in [6.45, 7) is 20.5. The summed E-state index contributed by atoms with van der Waals surface area (Å²) in [5.41, 5.74) is 4.22. The van der Waals surface area contributed by atoms with E-state index in [9.17, 15) is 14.2 Å². The van der Waals surface area contributed by atoms with E-state index in [1.807, 2.05) is 39.8 Å². The van der Waals surface area contributed by atoms with Crippen molar-refractivity contribution in [2.45, 2.75) is 216 Å². The summed E-state index contributed by atoms with van der Waals surface area (Å²) in [4.78, 5) is 25.1. The zero-order valence-electron chi connectivity index (χ0n) is 46.7. The van der Waals surface area contributed by atoms with Crippen molar-refractivity contribution in [1.29, 1.82) is 0 Å². The molecule has 4 aliphatic rings. The lowest BCUT2D eigenvalue weighted by molar-refractivity contribution is -0.151. The average molecular weight is 1040 g/mol. The van der Waals surface area contributed by atoms with Crippen molar-refractivity contribution in [3.63, 3.8) is 0 Å². The van der Waals surface area contributed by atoms with E-state index in [2.05, 4.69) is 58.9 Å². The highest BCUT2D eigenvalue weighted by molar-refractivity contribution is 7.49. The van der Waals surface area contributed by atoms with Gasteiger partial charge >= 0.3 is 19.8 Å². The van der Waals surface area contributed by atoms with Crippen LogP contribution in [0.25, 0.3) is 0 Å². The summed E-state index contributed by atoms with van der Waals surface area (Å²) >= 11 is 6.54. The molecule has 9 atom stereocenters. The van der Waals surface area contributed by atoms with E-state index in [-0.39, 0.29) is 23.5 Å². The van der Waals surface area contributed by atoms with Crippen LogP contribution >= 0.6 is 19.4 Å². The molecule has 404 valence electrons. The van der Waals surface area contributed by atoms with Gasteiger partial charge in [-0.2, -0.15) is 0 Å². The number of carbonyl (C=O) groups excluding carboxylic acids is 2. The molecule has 2 aromatic rings. The number of phosphoric ester groups is 1. The Morgan fingerprint density at radius 1 is 0.736 bits per heavy atom. The first kappa shape index (κ1) is 58.6. The fourth-order valence-electron chi connectivity index (χ4n) is 14.4. The van der Waals surface area contributed by atoms with Gasteiger partial charge in [0.2, 0.25) is 0 Å². The third kappa shape index (κ3) is 15.1. The summed E-state index contributed by atoms with van der Waals surface area (Å²) in [6.07, 6.45) is 27.6. The molecule has 3 fully saturated rings. The van der Waals surface area contributed by atoms with E-state index < -0.39 is 18.7 Å². The summed E-state index contributed by atoms with van der Waals surface area (Å²) < 4.78 is 43.6. The standard InChI is InChI=1S/C62H96ClO8P/c1-44(2)24-23-25-45(3)52-31-32-53-51-30-29-49-41-50(33-35-61(49,8)54(51)34-36-62(52,53)9)70-72(66,71-56-28-21-20-27-55(56)63)69-37-22-18-16-14-12-13-15-17-19-26-46-38-47(42-59(4,5)57(64)67-10)40-48(39-46)43-60(6,7)58(65)68-11/h20-21,27-29,38-40,44-45,50-54H,12-19,22-26,30-37,41-43H2,1-11H3/t45?,50?,51?,52?,53?,54?,61-,62+,72?/m0/s1. The molecule has 0 spiro atoms. The van der Waals surface area contributed by atoms with Gasteiger partial charge in [0.1, 0.15) is 5.75 Å². The number of rotatable bonds is 28. The molecule has 0 radical (unpaired) electrons. The molecule has 72 heavy (non-hydrogen) atoms. The van der Waals surface area contributed by atoms with Crippen LogP contribution in [0.15, 0.2) is 54.1 Å². The van der Waals surface area contributed by atoms with Gasteiger partial charge in [0.05, 0.1) is 42.8 Å². The maximum atomic E-state index is 14.6. The summed E-state index contributed by atoms with van der Waals surface area (Å²) in [6, 6.07) is 13.7. The van der Waals surface area contributed by atoms with E-state index >= 15 is 0 Å².